The lowest BCUT2D eigenvalue weighted by atomic mass is 9.70. The van der Waals surface area contributed by atoms with Crippen LogP contribution >= 0.6 is 0 Å². The summed E-state index contributed by atoms with van der Waals surface area (Å²) >= 11 is 0. The zero-order valence-corrected chi connectivity index (χ0v) is 10.6. The number of hydrogen-bond donors (Lipinski definition) is 0. The summed E-state index contributed by atoms with van der Waals surface area (Å²) < 4.78 is 5.67. The number of carbonyl (C=O) groups is 1. The maximum atomic E-state index is 12.3. The van der Waals surface area contributed by atoms with Crippen molar-refractivity contribution < 1.29 is 9.53 Å². The van der Waals surface area contributed by atoms with Gasteiger partial charge in [-0.1, -0.05) is 19.9 Å². The number of allylic oxidation sites excluding steroid dienone is 1. The van der Waals surface area contributed by atoms with Gasteiger partial charge in [-0.15, -0.1) is 6.58 Å². The number of fused-ring (bicyclic) bond motifs is 2. The van der Waals surface area contributed by atoms with Gasteiger partial charge >= 0.3 is 0 Å². The molecule has 90 valence electrons. The Bertz CT molecular complexity index is 319. The third-order valence-electron chi connectivity index (χ3n) is 4.69. The van der Waals surface area contributed by atoms with Crippen LogP contribution in [0.15, 0.2) is 12.7 Å². The normalized spacial score (nSPS) is 41.1. The topological polar surface area (TPSA) is 26.3 Å². The Labute approximate surface area is 98.1 Å². The molecule has 0 aliphatic heterocycles. The minimum Gasteiger partial charge on any atom is -0.380 e. The quantitative estimate of drug-likeness (QED) is 0.686. The molecule has 2 nitrogen and oxygen atoms in total. The fourth-order valence-electron chi connectivity index (χ4n) is 4.12. The van der Waals surface area contributed by atoms with E-state index in [1.165, 1.54) is 0 Å². The van der Waals surface area contributed by atoms with Crippen molar-refractivity contribution in [1.82, 2.24) is 0 Å². The van der Waals surface area contributed by atoms with Crippen LogP contribution in [0, 0.1) is 16.7 Å². The third kappa shape index (κ3) is 1.39. The maximum absolute atomic E-state index is 12.3. The van der Waals surface area contributed by atoms with Crippen molar-refractivity contribution >= 4 is 5.78 Å². The zero-order chi connectivity index (χ0) is 12.0. The molecule has 0 amide bonds. The van der Waals surface area contributed by atoms with Gasteiger partial charge in [0.05, 0.1) is 11.5 Å². The summed E-state index contributed by atoms with van der Waals surface area (Å²) in [6.45, 7) is 8.35. The van der Waals surface area contributed by atoms with Gasteiger partial charge in [0, 0.05) is 13.5 Å². The highest BCUT2D eigenvalue weighted by atomic mass is 16.5. The molecule has 2 saturated carbocycles. The van der Waals surface area contributed by atoms with Crippen molar-refractivity contribution in [2.75, 3.05) is 7.11 Å². The lowest BCUT2D eigenvalue weighted by Gasteiger charge is -2.38. The number of methoxy groups -OCH3 is 1. The van der Waals surface area contributed by atoms with Crippen molar-refractivity contribution in [3.63, 3.8) is 0 Å². The monoisotopic (exact) mass is 222 g/mol. The van der Waals surface area contributed by atoms with Gasteiger partial charge in [0.1, 0.15) is 5.78 Å². The lowest BCUT2D eigenvalue weighted by Crippen LogP contribution is -2.45. The molecule has 0 radical (unpaired) electrons. The number of ether oxygens (including phenoxy) is 1. The molecule has 0 saturated heterocycles. The van der Waals surface area contributed by atoms with Crippen LogP contribution in [0.2, 0.25) is 0 Å². The van der Waals surface area contributed by atoms with Crippen LogP contribution in [0.4, 0.5) is 0 Å². The predicted molar refractivity (Wildman–Crippen MR) is 64.2 cm³/mol. The van der Waals surface area contributed by atoms with Crippen molar-refractivity contribution in [3.8, 4) is 0 Å². The highest BCUT2D eigenvalue weighted by Crippen LogP contribution is 2.61. The fourth-order valence-corrected chi connectivity index (χ4v) is 4.12. The molecule has 0 N–H and O–H groups in total. The molecule has 0 aromatic rings. The van der Waals surface area contributed by atoms with Crippen LogP contribution in [0.25, 0.3) is 0 Å². The molecular weight excluding hydrogens is 200 g/mol. The third-order valence-corrected chi connectivity index (χ3v) is 4.69. The van der Waals surface area contributed by atoms with Crippen molar-refractivity contribution in [2.45, 2.75) is 45.6 Å². The largest absolute Gasteiger partial charge is 0.380 e. The van der Waals surface area contributed by atoms with Crippen LogP contribution in [-0.2, 0) is 9.53 Å². The summed E-state index contributed by atoms with van der Waals surface area (Å²) in [6, 6.07) is 0. The van der Waals surface area contributed by atoms with Crippen LogP contribution in [0.3, 0.4) is 0 Å². The number of Topliss-reactive ketones (excluding diaryl/α,β-unsaturated/α-hetero) is 1. The average molecular weight is 222 g/mol. The Balaban J connectivity index is 2.44. The second-order valence-corrected chi connectivity index (χ2v) is 6.04. The summed E-state index contributed by atoms with van der Waals surface area (Å²) in [7, 11) is 1.75. The molecule has 2 aliphatic rings. The van der Waals surface area contributed by atoms with Gasteiger partial charge in [-0.05, 0) is 30.6 Å². The summed E-state index contributed by atoms with van der Waals surface area (Å²) in [5.41, 5.74) is -0.0568. The molecule has 16 heavy (non-hydrogen) atoms. The average Bonchev–Trinajstić information content (AvgIpc) is 2.37. The van der Waals surface area contributed by atoms with Gasteiger partial charge in [-0.3, -0.25) is 4.79 Å². The number of ketones is 1. The second kappa shape index (κ2) is 3.69. The van der Waals surface area contributed by atoms with Crippen LogP contribution in [0.1, 0.15) is 39.5 Å². The summed E-state index contributed by atoms with van der Waals surface area (Å²) in [4.78, 5) is 12.3. The van der Waals surface area contributed by atoms with E-state index in [0.717, 1.165) is 25.7 Å². The van der Waals surface area contributed by atoms with E-state index in [9.17, 15) is 4.79 Å². The number of rotatable bonds is 3. The first-order chi connectivity index (χ1) is 7.48. The molecule has 2 rings (SSSR count). The van der Waals surface area contributed by atoms with E-state index in [-0.39, 0.29) is 16.9 Å². The van der Waals surface area contributed by atoms with E-state index >= 15 is 0 Å². The molecule has 0 aromatic heterocycles. The molecular formula is C14H22O2. The zero-order valence-electron chi connectivity index (χ0n) is 10.6. The first-order valence-corrected chi connectivity index (χ1v) is 6.15. The molecule has 0 unspecified atom stereocenters. The van der Waals surface area contributed by atoms with E-state index in [2.05, 4.69) is 20.4 Å². The predicted octanol–water partition coefficient (Wildman–Crippen LogP) is 2.97. The molecule has 2 fully saturated rings. The molecule has 0 aromatic carbocycles. The summed E-state index contributed by atoms with van der Waals surface area (Å²) in [6.07, 6.45) is 5.42. The van der Waals surface area contributed by atoms with E-state index in [0.29, 0.717) is 11.7 Å². The van der Waals surface area contributed by atoms with E-state index in [4.69, 9.17) is 4.74 Å². The molecule has 2 bridgehead atoms. The smallest absolute Gasteiger partial charge is 0.141 e. The van der Waals surface area contributed by atoms with Gasteiger partial charge in [0.25, 0.3) is 0 Å². The van der Waals surface area contributed by atoms with Gasteiger partial charge in [0.15, 0.2) is 0 Å². The van der Waals surface area contributed by atoms with Gasteiger partial charge in [-0.2, -0.15) is 0 Å². The van der Waals surface area contributed by atoms with E-state index in [1.807, 2.05) is 6.08 Å². The Morgan fingerprint density at radius 1 is 1.56 bits per heavy atom. The molecule has 0 spiro atoms. The van der Waals surface area contributed by atoms with Gasteiger partial charge in [-0.25, -0.2) is 0 Å². The van der Waals surface area contributed by atoms with Gasteiger partial charge < -0.3 is 4.74 Å². The van der Waals surface area contributed by atoms with Crippen LogP contribution < -0.4 is 0 Å². The SMILES string of the molecule is C=CC[C@@]12CC(C)(C)[C@@H](CCC1=O)[C@@H]2OC. The number of carbonyl (C=O) groups excluding carboxylic acids is 1. The molecule has 2 heteroatoms. The minimum absolute atomic E-state index is 0.0988. The Morgan fingerprint density at radius 2 is 2.25 bits per heavy atom. The van der Waals surface area contributed by atoms with Crippen LogP contribution in [0.5, 0.6) is 0 Å². The Hall–Kier alpha value is -0.630. The highest BCUT2D eigenvalue weighted by Gasteiger charge is 2.62. The summed E-state index contributed by atoms with van der Waals surface area (Å²) in [5, 5.41) is 0. The van der Waals surface area contributed by atoms with Gasteiger partial charge in [0.2, 0.25) is 0 Å². The van der Waals surface area contributed by atoms with Crippen molar-refractivity contribution in [1.29, 1.82) is 0 Å². The first kappa shape index (κ1) is 11.8. The first-order valence-electron chi connectivity index (χ1n) is 6.15. The van der Waals surface area contributed by atoms with Crippen LogP contribution in [-0.4, -0.2) is 19.0 Å². The Kier molecular flexibility index (Phi) is 2.73. The number of hydrogen-bond acceptors (Lipinski definition) is 2. The molecule has 3 atom stereocenters. The maximum Gasteiger partial charge on any atom is 0.141 e. The van der Waals surface area contributed by atoms with Crippen molar-refractivity contribution in [3.05, 3.63) is 12.7 Å². The van der Waals surface area contributed by atoms with Crippen molar-refractivity contribution in [2.24, 2.45) is 16.7 Å². The fraction of sp³-hybridized carbons (Fsp3) is 0.786. The second-order valence-electron chi connectivity index (χ2n) is 6.04. The highest BCUT2D eigenvalue weighted by molar-refractivity contribution is 5.87. The standard InChI is InChI=1S/C14H22O2/c1-5-8-14-9-13(2,3)10(12(14)16-4)6-7-11(14)15/h5,10,12H,1,6-9H2,2-4H3/t10-,12-,14+/m0/s1. The Morgan fingerprint density at radius 3 is 2.81 bits per heavy atom. The minimum atomic E-state index is -0.275. The molecule has 0 heterocycles. The van der Waals surface area contributed by atoms with E-state index in [1.54, 1.807) is 7.11 Å². The summed E-state index contributed by atoms with van der Waals surface area (Å²) in [5.74, 6) is 0.913. The lowest BCUT2D eigenvalue weighted by molar-refractivity contribution is -0.141. The van der Waals surface area contributed by atoms with E-state index < -0.39 is 0 Å². The molecule has 2 aliphatic carbocycles.